The van der Waals surface area contributed by atoms with Gasteiger partial charge in [-0.05, 0) is 25.1 Å². The van der Waals surface area contributed by atoms with Crippen LogP contribution in [-0.2, 0) is 18.9 Å². The van der Waals surface area contributed by atoms with Gasteiger partial charge in [0.15, 0.2) is 12.4 Å². The fraction of sp³-hybridized carbons (Fsp3) is 0.481. The second-order valence-corrected chi connectivity index (χ2v) is 10.2. The van der Waals surface area contributed by atoms with Crippen molar-refractivity contribution >= 4 is 6.08 Å². The van der Waals surface area contributed by atoms with Crippen LogP contribution >= 0.6 is 0 Å². The Kier molecular flexibility index (Phi) is 8.29. The maximum Gasteiger partial charge on any atom is 0.228 e. The van der Waals surface area contributed by atoms with Gasteiger partial charge < -0.3 is 69.6 Å². The Hall–Kier alpha value is -3.18. The van der Waals surface area contributed by atoms with Crippen molar-refractivity contribution in [3.05, 3.63) is 53.3 Å². The van der Waals surface area contributed by atoms with Crippen LogP contribution in [0.2, 0.25) is 0 Å². The number of aromatic hydroxyl groups is 3. The number of phenols is 3. The summed E-state index contributed by atoms with van der Waals surface area (Å²) in [7, 11) is 0. The summed E-state index contributed by atoms with van der Waals surface area (Å²) in [6, 6.07) is 8.27. The zero-order valence-electron chi connectivity index (χ0n) is 21.7. The molecule has 5 rings (SSSR count). The van der Waals surface area contributed by atoms with Gasteiger partial charge in [0.2, 0.25) is 6.29 Å². The van der Waals surface area contributed by atoms with Crippen LogP contribution < -0.4 is 4.74 Å². The Morgan fingerprint density at radius 2 is 1.39 bits per heavy atom. The number of benzene rings is 2. The van der Waals surface area contributed by atoms with Crippen LogP contribution in [0.4, 0.5) is 0 Å². The number of hydrogen-bond acceptors (Lipinski definition) is 14. The minimum absolute atomic E-state index is 0.00783. The summed E-state index contributed by atoms with van der Waals surface area (Å²) in [6.07, 6.45) is -14.5. The van der Waals surface area contributed by atoms with Crippen molar-refractivity contribution in [1.29, 1.82) is 0 Å². The molecular weight excluding hydrogens is 548 g/mol. The van der Waals surface area contributed by atoms with Crippen LogP contribution in [0, 0.1) is 0 Å². The fourth-order valence-corrected chi connectivity index (χ4v) is 4.85. The average Bonchev–Trinajstić information content (AvgIpc) is 2.94. The SMILES string of the molecule is C[C@H]1O[C@@H](OC[C@@H]2O[C@@H](OC3=Cc4c(O)cc(O)cc4OC3c3ccc(O)cc3)[C@@H](O)[C@H](O)[C@H]2O)[C@H](O)[C@@H](O)[C@H]1O. The van der Waals surface area contributed by atoms with E-state index >= 15 is 0 Å². The molecule has 0 aromatic heterocycles. The molecule has 3 aliphatic heterocycles. The van der Waals surface area contributed by atoms with E-state index in [1.807, 2.05) is 0 Å². The van der Waals surface area contributed by atoms with Gasteiger partial charge in [0.1, 0.15) is 71.5 Å². The van der Waals surface area contributed by atoms with E-state index in [1.165, 1.54) is 31.2 Å². The van der Waals surface area contributed by atoms with E-state index in [9.17, 15) is 46.0 Å². The highest BCUT2D eigenvalue weighted by atomic mass is 16.7. The Bertz CT molecular complexity index is 1250. The molecule has 2 aromatic rings. The Morgan fingerprint density at radius 1 is 0.732 bits per heavy atom. The number of hydrogen-bond donors (Lipinski definition) is 9. The molecule has 3 heterocycles. The number of rotatable bonds is 6. The van der Waals surface area contributed by atoms with Crippen molar-refractivity contribution in [1.82, 2.24) is 0 Å². The maximum absolute atomic E-state index is 10.7. The molecule has 14 nitrogen and oxygen atoms in total. The maximum atomic E-state index is 10.7. The smallest absolute Gasteiger partial charge is 0.228 e. The van der Waals surface area contributed by atoms with Crippen molar-refractivity contribution in [3.63, 3.8) is 0 Å². The molecule has 14 heteroatoms. The Balaban J connectivity index is 1.37. The minimum Gasteiger partial charge on any atom is -0.508 e. The monoisotopic (exact) mass is 580 g/mol. The molecular formula is C27H32O14. The van der Waals surface area contributed by atoms with Crippen LogP contribution in [0.15, 0.2) is 42.2 Å². The number of ether oxygens (including phenoxy) is 5. The molecule has 224 valence electrons. The van der Waals surface area contributed by atoms with Crippen LogP contribution in [0.1, 0.15) is 24.2 Å². The standard InChI is InChI=1S/C27H32O14/c1-10-19(31)21(33)23(35)26(38-10)37-9-18-20(32)22(34)24(36)27(41-18)40-17-8-14-15(30)6-13(29)7-16(14)39-25(17)11-2-4-12(28)5-3-11/h2-8,10,18-36H,9H2,1H3/t10-,18+,19+,20+,21+,22-,23-,24+,25?,26-,27-/m1/s1. The van der Waals surface area contributed by atoms with Crippen LogP contribution in [-0.4, -0.2) is 114 Å². The summed E-state index contributed by atoms with van der Waals surface area (Å²) >= 11 is 0. The molecule has 2 aromatic carbocycles. The molecule has 0 amide bonds. The Labute approximate surface area is 233 Å². The lowest BCUT2D eigenvalue weighted by atomic mass is 9.98. The van der Waals surface area contributed by atoms with Gasteiger partial charge in [0.05, 0.1) is 18.3 Å². The van der Waals surface area contributed by atoms with Crippen molar-refractivity contribution in [2.24, 2.45) is 0 Å². The lowest BCUT2D eigenvalue weighted by Crippen LogP contribution is -2.61. The highest BCUT2D eigenvalue weighted by Gasteiger charge is 2.48. The molecule has 41 heavy (non-hydrogen) atoms. The second-order valence-electron chi connectivity index (χ2n) is 10.2. The van der Waals surface area contributed by atoms with Crippen LogP contribution in [0.25, 0.3) is 6.08 Å². The van der Waals surface area contributed by atoms with E-state index in [0.29, 0.717) is 5.56 Å². The van der Waals surface area contributed by atoms with E-state index in [1.54, 1.807) is 12.1 Å². The third-order valence-electron chi connectivity index (χ3n) is 7.24. The van der Waals surface area contributed by atoms with E-state index < -0.39 is 74.1 Å². The minimum atomic E-state index is -1.76. The van der Waals surface area contributed by atoms with Gasteiger partial charge in [-0.3, -0.25) is 0 Å². The number of aliphatic hydroxyl groups is 6. The van der Waals surface area contributed by atoms with Gasteiger partial charge in [0.25, 0.3) is 0 Å². The summed E-state index contributed by atoms with van der Waals surface area (Å²) in [4.78, 5) is 0. The van der Waals surface area contributed by atoms with Gasteiger partial charge in [0, 0.05) is 17.7 Å². The third-order valence-corrected chi connectivity index (χ3v) is 7.24. The second kappa shape index (κ2) is 11.6. The van der Waals surface area contributed by atoms with E-state index in [2.05, 4.69) is 0 Å². The zero-order valence-corrected chi connectivity index (χ0v) is 21.7. The lowest BCUT2D eigenvalue weighted by molar-refractivity contribution is -0.324. The molecule has 0 aliphatic carbocycles. The lowest BCUT2D eigenvalue weighted by Gasteiger charge is -2.43. The highest BCUT2D eigenvalue weighted by molar-refractivity contribution is 5.69. The Morgan fingerprint density at radius 3 is 2.10 bits per heavy atom. The van der Waals surface area contributed by atoms with E-state index in [0.717, 1.165) is 6.07 Å². The number of aliphatic hydroxyl groups excluding tert-OH is 6. The van der Waals surface area contributed by atoms with Gasteiger partial charge in [-0.15, -0.1) is 0 Å². The van der Waals surface area contributed by atoms with E-state index in [4.69, 9.17) is 23.7 Å². The van der Waals surface area contributed by atoms with Gasteiger partial charge in [-0.1, -0.05) is 12.1 Å². The third kappa shape index (κ3) is 5.79. The van der Waals surface area contributed by atoms with Gasteiger partial charge >= 0.3 is 0 Å². The summed E-state index contributed by atoms with van der Waals surface area (Å²) < 4.78 is 28.5. The first-order valence-electron chi connectivity index (χ1n) is 12.8. The van der Waals surface area contributed by atoms with Crippen molar-refractivity contribution < 1.29 is 69.6 Å². The first kappa shape index (κ1) is 29.3. The normalized spacial score (nSPS) is 37.0. The molecule has 0 bridgehead atoms. The molecule has 11 atom stereocenters. The molecule has 9 N–H and O–H groups in total. The van der Waals surface area contributed by atoms with Crippen molar-refractivity contribution in [2.45, 2.75) is 74.4 Å². The van der Waals surface area contributed by atoms with Crippen LogP contribution in [0.3, 0.4) is 0 Å². The van der Waals surface area contributed by atoms with Gasteiger partial charge in [-0.25, -0.2) is 0 Å². The molecule has 3 aliphatic rings. The van der Waals surface area contributed by atoms with Gasteiger partial charge in [-0.2, -0.15) is 0 Å². The molecule has 0 radical (unpaired) electrons. The molecule has 0 saturated carbocycles. The molecule has 1 unspecified atom stereocenters. The van der Waals surface area contributed by atoms with E-state index in [-0.39, 0.29) is 34.3 Å². The zero-order chi connectivity index (χ0) is 29.6. The average molecular weight is 581 g/mol. The number of phenolic OH excluding ortho intramolecular Hbond substituents is 3. The quantitative estimate of drug-likeness (QED) is 0.199. The largest absolute Gasteiger partial charge is 0.508 e. The fourth-order valence-electron chi connectivity index (χ4n) is 4.85. The summed E-state index contributed by atoms with van der Waals surface area (Å²) in [5.74, 6) is -0.468. The summed E-state index contributed by atoms with van der Waals surface area (Å²) in [6.45, 7) is 0.982. The molecule has 2 fully saturated rings. The van der Waals surface area contributed by atoms with Crippen LogP contribution in [0.5, 0.6) is 23.0 Å². The number of fused-ring (bicyclic) bond motifs is 1. The molecule has 2 saturated heterocycles. The highest BCUT2D eigenvalue weighted by Crippen LogP contribution is 2.44. The summed E-state index contributed by atoms with van der Waals surface area (Å²) in [5, 5.41) is 91.9. The predicted molar refractivity (Wildman–Crippen MR) is 135 cm³/mol. The topological polar surface area (TPSA) is 228 Å². The molecule has 0 spiro atoms. The first-order valence-corrected chi connectivity index (χ1v) is 12.8. The van der Waals surface area contributed by atoms with Crippen molar-refractivity contribution in [2.75, 3.05) is 6.61 Å². The summed E-state index contributed by atoms with van der Waals surface area (Å²) in [5.41, 5.74) is 0.628. The first-order chi connectivity index (χ1) is 19.4. The van der Waals surface area contributed by atoms with Crippen molar-refractivity contribution in [3.8, 4) is 23.0 Å². The predicted octanol–water partition coefficient (Wildman–Crippen LogP) is -1.05.